The number of benzene rings is 2. The SMILES string of the molecule is [B]C(=O)N1[C@@H](Cc2ccccc2)[C@@H](CC2CC=CCC2C(=O)O)OC1(C)C.[B]C(=O)N1[C@@H](Cc2ccccc2)[C@@H](CC2CC=CCC2C(C)=O)OC1(C)C. The van der Waals surface area contributed by atoms with E-state index in [2.05, 4.69) is 24.3 Å². The van der Waals surface area contributed by atoms with Gasteiger partial charge in [0.1, 0.15) is 17.2 Å². The second-order valence-electron chi connectivity index (χ2n) is 16.2. The second-order valence-corrected chi connectivity index (χ2v) is 16.2. The summed E-state index contributed by atoms with van der Waals surface area (Å²) in [7, 11) is 11.4. The molecule has 6 rings (SSSR count). The van der Waals surface area contributed by atoms with Gasteiger partial charge in [0.05, 0.1) is 30.2 Å². The van der Waals surface area contributed by atoms with Crippen LogP contribution >= 0.6 is 0 Å². The van der Waals surface area contributed by atoms with Gasteiger partial charge in [-0.1, -0.05) is 85.0 Å². The average Bonchev–Trinajstić information content (AvgIpc) is 3.52. The van der Waals surface area contributed by atoms with Crippen LogP contribution in [0, 0.1) is 23.7 Å². The normalized spacial score (nSPS) is 29.6. The Morgan fingerprint density at radius 2 is 1.02 bits per heavy atom. The molecule has 0 bridgehead atoms. The summed E-state index contributed by atoms with van der Waals surface area (Å²) >= 11 is 0. The molecule has 2 aliphatic carbocycles. The monoisotopic (exact) mass is 732 g/mol. The van der Waals surface area contributed by atoms with Gasteiger partial charge in [-0.2, -0.15) is 0 Å². The van der Waals surface area contributed by atoms with Gasteiger partial charge in [0.2, 0.25) is 15.7 Å². The van der Waals surface area contributed by atoms with E-state index < -0.39 is 35.0 Å². The Morgan fingerprint density at radius 3 is 1.39 bits per heavy atom. The molecule has 1 N–H and O–H groups in total. The van der Waals surface area contributed by atoms with Crippen molar-refractivity contribution >= 4 is 39.1 Å². The number of aliphatic carboxylic acids is 1. The molecule has 2 fully saturated rings. The highest BCUT2D eigenvalue weighted by Gasteiger charge is 2.50. The maximum atomic E-state index is 12.2. The number of carbonyl (C=O) groups is 4. The number of hydrogen-bond acceptors (Lipinski definition) is 6. The number of ketones is 1. The van der Waals surface area contributed by atoms with Crippen molar-refractivity contribution in [2.24, 2.45) is 23.7 Å². The maximum Gasteiger partial charge on any atom is 0.307 e. The standard InChI is InChI=1S/C22H28BNO3.C21H26BNO4/c1-15(25)18-12-8-7-11-17(18)14-20-19(13-16-9-5-4-6-10-16)24(21(23)26)22(2,3)27-20;1-21(2)23(20(22)26)17(12-14-8-4-3-5-9-14)18(27-21)13-15-10-6-7-11-16(15)19(24)25/h4-10,17-20H,11-14H2,1-3H3;3-9,15-18H,10-13H2,1-2H3,(H,24,25)/t17?,18?,19-,20+;15?,16?,17-,18+/m00/s1. The molecule has 2 saturated heterocycles. The van der Waals surface area contributed by atoms with E-state index in [4.69, 9.17) is 25.2 Å². The summed E-state index contributed by atoms with van der Waals surface area (Å²) in [6.45, 7) is 9.13. The van der Waals surface area contributed by atoms with Crippen LogP contribution in [0.1, 0.15) is 84.3 Å². The van der Waals surface area contributed by atoms with Crippen molar-refractivity contribution < 1.29 is 33.8 Å². The third kappa shape index (κ3) is 9.82. The molecular weight excluding hydrogens is 678 g/mol. The number of amides is 2. The molecule has 4 aliphatic rings. The smallest absolute Gasteiger partial charge is 0.307 e. The van der Waals surface area contributed by atoms with Crippen molar-refractivity contribution in [3.63, 3.8) is 0 Å². The van der Waals surface area contributed by atoms with E-state index in [1.54, 1.807) is 16.7 Å². The highest BCUT2D eigenvalue weighted by atomic mass is 16.5. The lowest BCUT2D eigenvalue weighted by Crippen LogP contribution is -2.49. The third-order valence-electron chi connectivity index (χ3n) is 11.7. The lowest BCUT2D eigenvalue weighted by atomic mass is 9.76. The van der Waals surface area contributed by atoms with Gasteiger partial charge in [-0.15, -0.1) is 0 Å². The van der Waals surface area contributed by atoms with E-state index in [-0.39, 0.29) is 47.8 Å². The molecule has 8 atom stereocenters. The first-order valence-electron chi connectivity index (χ1n) is 19.2. The fourth-order valence-corrected chi connectivity index (χ4v) is 9.23. The minimum absolute atomic E-state index is 0.0144. The molecular formula is C43H54B2N2O7. The quantitative estimate of drug-likeness (QED) is 0.202. The second kappa shape index (κ2) is 17.7. The van der Waals surface area contributed by atoms with Crippen LogP contribution in [0.4, 0.5) is 9.59 Å². The summed E-state index contributed by atoms with van der Waals surface area (Å²) in [5.41, 5.74) is 0.663. The summed E-state index contributed by atoms with van der Waals surface area (Å²) < 4.78 is 12.6. The molecule has 0 saturated carbocycles. The number of hydrogen-bond donors (Lipinski definition) is 1. The molecule has 0 aromatic heterocycles. The van der Waals surface area contributed by atoms with E-state index in [1.807, 2.05) is 88.4 Å². The van der Waals surface area contributed by atoms with Crippen LogP contribution in [-0.2, 0) is 31.9 Å². The van der Waals surface area contributed by atoms with Crippen molar-refractivity contribution in [1.82, 2.24) is 9.80 Å². The first kappa shape index (κ1) is 41.2. The zero-order valence-electron chi connectivity index (χ0n) is 32.3. The Labute approximate surface area is 323 Å². The number of rotatable bonds is 10. The number of nitrogens with zero attached hydrogens (tertiary/aromatic N) is 2. The number of ether oxygens (including phenoxy) is 2. The molecule has 4 unspecified atom stereocenters. The van der Waals surface area contributed by atoms with Crippen LogP contribution in [-0.4, -0.2) is 89.7 Å². The predicted molar refractivity (Wildman–Crippen MR) is 210 cm³/mol. The van der Waals surface area contributed by atoms with Crippen LogP contribution < -0.4 is 0 Å². The van der Waals surface area contributed by atoms with Crippen LogP contribution in [0.25, 0.3) is 0 Å². The molecule has 4 radical (unpaired) electrons. The maximum absolute atomic E-state index is 12.2. The molecule has 9 nitrogen and oxygen atoms in total. The van der Waals surface area contributed by atoms with Gasteiger partial charge in [0.25, 0.3) is 0 Å². The van der Waals surface area contributed by atoms with E-state index >= 15 is 0 Å². The highest BCUT2D eigenvalue weighted by molar-refractivity contribution is 6.57. The van der Waals surface area contributed by atoms with Gasteiger partial charge in [-0.25, -0.2) is 0 Å². The molecule has 2 aromatic rings. The van der Waals surface area contributed by atoms with Crippen molar-refractivity contribution in [3.8, 4) is 0 Å². The number of carboxylic acids is 1. The third-order valence-corrected chi connectivity index (χ3v) is 11.7. The predicted octanol–water partition coefficient (Wildman–Crippen LogP) is 7.26. The first-order valence-corrected chi connectivity index (χ1v) is 19.2. The van der Waals surface area contributed by atoms with Crippen molar-refractivity contribution in [2.45, 2.75) is 122 Å². The molecule has 54 heavy (non-hydrogen) atoms. The topological polar surface area (TPSA) is 113 Å². The highest BCUT2D eigenvalue weighted by Crippen LogP contribution is 2.41. The van der Waals surface area contributed by atoms with Gasteiger partial charge >= 0.3 is 5.97 Å². The van der Waals surface area contributed by atoms with E-state index in [1.165, 1.54) is 0 Å². The number of Topliss-reactive ketones (excluding diaryl/α,β-unsaturated/α-hetero) is 1. The Morgan fingerprint density at radius 1 is 0.648 bits per heavy atom. The summed E-state index contributed by atoms with van der Waals surface area (Å²) in [4.78, 5) is 51.5. The van der Waals surface area contributed by atoms with E-state index in [0.29, 0.717) is 32.1 Å². The summed E-state index contributed by atoms with van der Waals surface area (Å²) in [5.74, 6) is -1.68. The van der Waals surface area contributed by atoms with Crippen LogP contribution in [0.3, 0.4) is 0 Å². The molecule has 0 spiro atoms. The van der Waals surface area contributed by atoms with E-state index in [9.17, 15) is 24.3 Å². The van der Waals surface area contributed by atoms with Crippen LogP contribution in [0.2, 0.25) is 0 Å². The lowest BCUT2D eigenvalue weighted by molar-refractivity contribution is -0.144. The Balaban J connectivity index is 0.000000208. The number of carbonyl (C=O) groups excluding carboxylic acids is 3. The lowest BCUT2D eigenvalue weighted by Gasteiger charge is -2.34. The molecule has 2 aliphatic heterocycles. The van der Waals surface area contributed by atoms with Crippen LogP contribution in [0.5, 0.6) is 0 Å². The molecule has 2 aromatic carbocycles. The zero-order chi connectivity index (χ0) is 39.2. The minimum atomic E-state index is -0.820. The number of allylic oxidation sites excluding steroid dienone is 4. The Kier molecular flexibility index (Phi) is 13.5. The van der Waals surface area contributed by atoms with Gasteiger partial charge in [0.15, 0.2) is 11.6 Å². The summed E-state index contributed by atoms with van der Waals surface area (Å²) in [6.07, 6.45) is 13.4. The average molecular weight is 733 g/mol. The zero-order valence-corrected chi connectivity index (χ0v) is 32.3. The molecule has 2 amide bonds. The molecule has 284 valence electrons. The van der Waals surface area contributed by atoms with Gasteiger partial charge in [0, 0.05) is 5.92 Å². The van der Waals surface area contributed by atoms with Crippen molar-refractivity contribution in [2.75, 3.05) is 0 Å². The fraction of sp³-hybridized carbons (Fsp3) is 0.535. The Bertz CT molecular complexity index is 1560. The van der Waals surface area contributed by atoms with Crippen molar-refractivity contribution in [3.05, 3.63) is 96.1 Å². The number of carboxylic acid groups (broad SMARTS) is 1. The first-order chi connectivity index (χ1) is 25.6. The largest absolute Gasteiger partial charge is 0.481 e. The van der Waals surface area contributed by atoms with Crippen molar-refractivity contribution in [1.29, 1.82) is 0 Å². The summed E-state index contributed by atoms with van der Waals surface area (Å²) in [5, 5.41) is 9.57. The van der Waals surface area contributed by atoms with E-state index in [0.717, 1.165) is 30.4 Å². The molecule has 11 heteroatoms. The molecule has 2 heterocycles. The van der Waals surface area contributed by atoms with Gasteiger partial charge in [-0.3, -0.25) is 19.2 Å². The Hall–Kier alpha value is -3.95. The van der Waals surface area contributed by atoms with Gasteiger partial charge < -0.3 is 24.4 Å². The summed E-state index contributed by atoms with van der Waals surface area (Å²) in [6, 6.07) is 19.6. The van der Waals surface area contributed by atoms with Crippen LogP contribution in [0.15, 0.2) is 85.0 Å². The fourth-order valence-electron chi connectivity index (χ4n) is 9.23. The van der Waals surface area contributed by atoms with Gasteiger partial charge in [-0.05, 0) is 109 Å². The minimum Gasteiger partial charge on any atom is -0.481 e.